The van der Waals surface area contributed by atoms with Crippen molar-refractivity contribution in [2.24, 2.45) is 0 Å². The number of halogens is 1. The van der Waals surface area contributed by atoms with Crippen molar-refractivity contribution in [3.05, 3.63) is 52.1 Å². The Morgan fingerprint density at radius 2 is 1.94 bits per heavy atom. The van der Waals surface area contributed by atoms with Crippen LogP contribution >= 0.6 is 0 Å². The molecule has 6 N–H and O–H groups in total. The number of carbonyl (C=O) groups is 3. The van der Waals surface area contributed by atoms with Crippen LogP contribution in [0.2, 0.25) is 0 Å². The number of H-pyrrole nitrogens is 1. The monoisotopic (exact) mass is 472 g/mol. The van der Waals surface area contributed by atoms with Crippen molar-refractivity contribution in [2.45, 2.75) is 45.3 Å². The highest BCUT2D eigenvalue weighted by Crippen LogP contribution is 2.34. The predicted molar refractivity (Wildman–Crippen MR) is 125 cm³/mol. The number of rotatable bonds is 9. The Morgan fingerprint density at radius 1 is 1.21 bits per heavy atom. The number of aliphatic hydroxyl groups excluding tert-OH is 2. The second-order valence-corrected chi connectivity index (χ2v) is 8.33. The third-order valence-electron chi connectivity index (χ3n) is 5.76. The van der Waals surface area contributed by atoms with Crippen LogP contribution in [0, 0.1) is 19.7 Å². The van der Waals surface area contributed by atoms with Crippen molar-refractivity contribution < 1.29 is 29.0 Å². The van der Waals surface area contributed by atoms with Gasteiger partial charge in [-0.15, -0.1) is 0 Å². The van der Waals surface area contributed by atoms with Gasteiger partial charge in [0, 0.05) is 36.2 Å². The summed E-state index contributed by atoms with van der Waals surface area (Å²) in [7, 11) is 1.47. The highest BCUT2D eigenvalue weighted by atomic mass is 19.1. The molecule has 9 nitrogen and oxygen atoms in total. The number of anilines is 1. The quantitative estimate of drug-likeness (QED) is 0.308. The fraction of sp³-hybridized carbons (Fsp3) is 0.375. The van der Waals surface area contributed by atoms with Gasteiger partial charge in [-0.05, 0) is 56.5 Å². The lowest BCUT2D eigenvalue weighted by Gasteiger charge is -2.15. The number of aromatic amines is 1. The molecule has 0 saturated heterocycles. The fourth-order valence-electron chi connectivity index (χ4n) is 3.98. The summed E-state index contributed by atoms with van der Waals surface area (Å²) in [5.74, 6) is -1.48. The van der Waals surface area contributed by atoms with Gasteiger partial charge in [0.1, 0.15) is 5.82 Å². The van der Waals surface area contributed by atoms with Crippen LogP contribution in [0.4, 0.5) is 10.1 Å². The molecule has 0 saturated carbocycles. The van der Waals surface area contributed by atoms with Crippen molar-refractivity contribution in [1.82, 2.24) is 15.6 Å². The topological polar surface area (TPSA) is 144 Å². The first kappa shape index (κ1) is 25.1. The van der Waals surface area contributed by atoms with Crippen LogP contribution in [0.15, 0.2) is 18.2 Å². The van der Waals surface area contributed by atoms with Crippen molar-refractivity contribution in [3.8, 4) is 0 Å². The van der Waals surface area contributed by atoms with E-state index in [1.54, 1.807) is 19.9 Å². The molecule has 0 fully saturated rings. The predicted octanol–water partition coefficient (Wildman–Crippen LogP) is 1.63. The molecule has 1 aliphatic rings. The summed E-state index contributed by atoms with van der Waals surface area (Å²) in [5, 5.41) is 27.7. The zero-order valence-electron chi connectivity index (χ0n) is 19.3. The Balaban J connectivity index is 1.65. The minimum Gasteiger partial charge on any atom is -0.393 e. The van der Waals surface area contributed by atoms with E-state index in [2.05, 4.69) is 20.9 Å². The van der Waals surface area contributed by atoms with Crippen LogP contribution < -0.4 is 16.0 Å². The zero-order valence-corrected chi connectivity index (χ0v) is 19.3. The minimum absolute atomic E-state index is 0.0212. The van der Waals surface area contributed by atoms with Crippen LogP contribution in [-0.4, -0.2) is 58.7 Å². The Morgan fingerprint density at radius 3 is 2.65 bits per heavy atom. The number of aromatic nitrogens is 1. The van der Waals surface area contributed by atoms with Crippen molar-refractivity contribution in [3.63, 3.8) is 0 Å². The van der Waals surface area contributed by atoms with Crippen LogP contribution in [0.3, 0.4) is 0 Å². The van der Waals surface area contributed by atoms with Gasteiger partial charge >= 0.3 is 0 Å². The van der Waals surface area contributed by atoms with Gasteiger partial charge in [0.05, 0.1) is 29.8 Å². The lowest BCUT2D eigenvalue weighted by atomic mass is 10.0. The van der Waals surface area contributed by atoms with Gasteiger partial charge in [-0.25, -0.2) is 4.39 Å². The van der Waals surface area contributed by atoms with Gasteiger partial charge in [-0.2, -0.15) is 0 Å². The molecular weight excluding hydrogens is 443 g/mol. The lowest BCUT2D eigenvalue weighted by Crippen LogP contribution is -2.30. The number of hydrogen-bond acceptors (Lipinski definition) is 5. The van der Waals surface area contributed by atoms with Crippen LogP contribution in [0.5, 0.6) is 0 Å². The summed E-state index contributed by atoms with van der Waals surface area (Å²) in [5.41, 5.74) is 3.47. The number of aryl methyl sites for hydroxylation is 1. The lowest BCUT2D eigenvalue weighted by molar-refractivity contribution is -0.122. The molecule has 1 aliphatic heterocycles. The Labute approximate surface area is 196 Å². The average molecular weight is 473 g/mol. The van der Waals surface area contributed by atoms with Gasteiger partial charge in [-0.3, -0.25) is 14.4 Å². The summed E-state index contributed by atoms with van der Waals surface area (Å²) >= 11 is 0. The normalized spacial score (nSPS) is 15.6. The van der Waals surface area contributed by atoms with E-state index in [-0.39, 0.29) is 43.5 Å². The van der Waals surface area contributed by atoms with Crippen molar-refractivity contribution in [2.75, 3.05) is 18.9 Å². The van der Waals surface area contributed by atoms with E-state index in [4.69, 9.17) is 0 Å². The second kappa shape index (κ2) is 10.6. The number of amides is 3. The summed E-state index contributed by atoms with van der Waals surface area (Å²) in [4.78, 5) is 39.5. The molecule has 2 unspecified atom stereocenters. The molecule has 10 heteroatoms. The molecule has 2 aromatic rings. The number of carbonyl (C=O) groups excluding carboxylic acids is 3. The van der Waals surface area contributed by atoms with Crippen molar-refractivity contribution in [1.29, 1.82) is 0 Å². The maximum absolute atomic E-state index is 13.7. The first-order valence-electron chi connectivity index (χ1n) is 11.0. The van der Waals surface area contributed by atoms with E-state index in [1.165, 1.54) is 25.2 Å². The van der Waals surface area contributed by atoms with Crippen LogP contribution in [0.25, 0.3) is 11.6 Å². The minimum atomic E-state index is -0.971. The molecule has 3 rings (SSSR count). The van der Waals surface area contributed by atoms with Crippen LogP contribution in [-0.2, 0) is 9.59 Å². The molecule has 0 radical (unpaired) electrons. The Hall–Kier alpha value is -3.50. The van der Waals surface area contributed by atoms with Gasteiger partial charge in [0.2, 0.25) is 5.91 Å². The Kier molecular flexibility index (Phi) is 7.85. The van der Waals surface area contributed by atoms with E-state index in [9.17, 15) is 29.0 Å². The molecule has 0 spiro atoms. The van der Waals surface area contributed by atoms with Gasteiger partial charge in [-0.1, -0.05) is 0 Å². The summed E-state index contributed by atoms with van der Waals surface area (Å²) in [6.45, 7) is 3.65. The first-order valence-corrected chi connectivity index (χ1v) is 11.0. The van der Waals surface area contributed by atoms with E-state index in [0.29, 0.717) is 39.3 Å². The molecule has 182 valence electrons. The molecule has 0 bridgehead atoms. The highest BCUT2D eigenvalue weighted by molar-refractivity contribution is 6.34. The zero-order chi connectivity index (χ0) is 25.0. The van der Waals surface area contributed by atoms with Gasteiger partial charge in [0.15, 0.2) is 0 Å². The molecule has 2 atom stereocenters. The number of benzene rings is 1. The average Bonchev–Trinajstić information content (AvgIpc) is 3.22. The number of aliphatic hydroxyl groups is 2. The smallest absolute Gasteiger partial charge is 0.256 e. The summed E-state index contributed by atoms with van der Waals surface area (Å²) in [6.07, 6.45) is -0.130. The summed E-state index contributed by atoms with van der Waals surface area (Å²) in [6, 6.07) is 4.06. The number of nitrogens with one attached hydrogen (secondary N) is 4. The number of fused-ring (bicyclic) bond motifs is 1. The van der Waals surface area contributed by atoms with E-state index in [0.717, 1.165) is 0 Å². The fourth-order valence-corrected chi connectivity index (χ4v) is 3.98. The van der Waals surface area contributed by atoms with E-state index >= 15 is 0 Å². The SMILES string of the molecule is CNC(=O)CC(O)CC(O)CCNC(=O)c1c(C)[nH]c(/C=C2\C(=O)Nc3ccc(F)cc32)c1C. The maximum atomic E-state index is 13.7. The third kappa shape index (κ3) is 5.70. The van der Waals surface area contributed by atoms with E-state index in [1.807, 2.05) is 0 Å². The Bertz CT molecular complexity index is 1140. The first-order chi connectivity index (χ1) is 16.1. The molecule has 3 amide bonds. The maximum Gasteiger partial charge on any atom is 0.256 e. The van der Waals surface area contributed by atoms with E-state index < -0.39 is 18.0 Å². The summed E-state index contributed by atoms with van der Waals surface area (Å²) < 4.78 is 13.7. The van der Waals surface area contributed by atoms with Crippen LogP contribution in [0.1, 0.15) is 52.1 Å². The molecule has 2 heterocycles. The molecular formula is C24H29FN4O5. The third-order valence-corrected chi connectivity index (χ3v) is 5.76. The molecule has 34 heavy (non-hydrogen) atoms. The van der Waals surface area contributed by atoms with Gasteiger partial charge < -0.3 is 31.1 Å². The highest BCUT2D eigenvalue weighted by Gasteiger charge is 2.26. The van der Waals surface area contributed by atoms with Gasteiger partial charge in [0.25, 0.3) is 11.8 Å². The molecule has 0 aliphatic carbocycles. The number of hydrogen-bond donors (Lipinski definition) is 6. The molecule has 1 aromatic carbocycles. The molecule has 1 aromatic heterocycles. The standard InChI is InChI=1S/C24H29FN4O5/c1-12-20(11-18-17-8-14(25)4-5-19(17)29-23(18)33)28-13(2)22(12)24(34)27-7-6-15(30)9-16(31)10-21(32)26-3/h4-5,8,11,15-16,28,30-31H,6-7,9-10H2,1-3H3,(H,26,32)(H,27,34)(H,29,33)/b18-11-. The largest absolute Gasteiger partial charge is 0.393 e. The second-order valence-electron chi connectivity index (χ2n) is 8.33. The van der Waals surface area contributed by atoms with Crippen molar-refractivity contribution >= 4 is 35.1 Å².